The highest BCUT2D eigenvalue weighted by atomic mass is 35.5. The van der Waals surface area contributed by atoms with Crippen molar-refractivity contribution in [3.05, 3.63) is 127 Å². The van der Waals surface area contributed by atoms with Gasteiger partial charge in [0.1, 0.15) is 5.82 Å². The third kappa shape index (κ3) is 7.83. The zero-order chi connectivity index (χ0) is 31.9. The van der Waals surface area contributed by atoms with Crippen LogP contribution in [-0.4, -0.2) is 28.3 Å². The molecule has 1 heterocycles. The van der Waals surface area contributed by atoms with Crippen molar-refractivity contribution in [2.45, 2.75) is 45.1 Å². The molecule has 0 unspecified atom stereocenters. The van der Waals surface area contributed by atoms with Gasteiger partial charge in [-0.1, -0.05) is 66.2 Å². The van der Waals surface area contributed by atoms with Crippen molar-refractivity contribution >= 4 is 17.6 Å². The Labute approximate surface area is 255 Å². The zero-order valence-electron chi connectivity index (χ0n) is 23.7. The average Bonchev–Trinajstić information content (AvgIpc) is 2.99. The van der Waals surface area contributed by atoms with E-state index < -0.39 is 47.0 Å². The summed E-state index contributed by atoms with van der Waals surface area (Å²) in [6.07, 6.45) is -3.21. The molecule has 3 aromatic carbocycles. The predicted octanol–water partition coefficient (Wildman–Crippen LogP) is 6.21. The molecule has 1 atom stereocenters. The van der Waals surface area contributed by atoms with Crippen LogP contribution in [0.25, 0.3) is 11.1 Å². The lowest BCUT2D eigenvalue weighted by Crippen LogP contribution is -2.43. The molecule has 0 fully saturated rings. The number of carbonyl (C=O) groups excluding carboxylic acids is 1. The van der Waals surface area contributed by atoms with E-state index in [-0.39, 0.29) is 41.7 Å². The van der Waals surface area contributed by atoms with Gasteiger partial charge in [0.15, 0.2) is 0 Å². The van der Waals surface area contributed by atoms with Gasteiger partial charge >= 0.3 is 17.8 Å². The fourth-order valence-electron chi connectivity index (χ4n) is 4.85. The molecule has 1 N–H and O–H groups in total. The lowest BCUT2D eigenvalue weighted by molar-refractivity contribution is -0.143. The summed E-state index contributed by atoms with van der Waals surface area (Å²) >= 11 is 6.39. The molecular weight excluding hydrogens is 602 g/mol. The van der Waals surface area contributed by atoms with Crippen LogP contribution in [-0.2, 0) is 28.8 Å². The summed E-state index contributed by atoms with van der Waals surface area (Å²) in [5.74, 6) is -1.50. The molecule has 0 aliphatic rings. The Hall–Kier alpha value is -4.22. The average molecular weight is 632 g/mol. The zero-order valence-corrected chi connectivity index (χ0v) is 24.5. The summed E-state index contributed by atoms with van der Waals surface area (Å²) in [7, 11) is 0. The molecule has 0 aliphatic carbocycles. The standard InChI is InChI=1S/C32H30ClF4N3O4/c1-2-44-29(41)16-9-17-38-28(21-10-4-3-5-11-21)20-40-30(42)23(22-12-6-7-14-26(22)33)18-39(31(40)43)19-24-25(32(35,36)37)13-8-15-27(24)34/h3-8,10-15,18,28,38H,2,9,16-17,19-20H2,1H3/t28-/m0/s1. The Bertz CT molecular complexity index is 1720. The quantitative estimate of drug-likeness (QED) is 0.114. The van der Waals surface area contributed by atoms with Gasteiger partial charge in [0.05, 0.1) is 36.9 Å². The molecule has 0 saturated heterocycles. The first-order valence-corrected chi connectivity index (χ1v) is 14.3. The normalized spacial score (nSPS) is 12.2. The number of nitrogens with one attached hydrogen (secondary N) is 1. The minimum atomic E-state index is -4.88. The maximum Gasteiger partial charge on any atom is 0.416 e. The molecule has 0 aliphatic heterocycles. The Morgan fingerprint density at radius 1 is 0.977 bits per heavy atom. The molecule has 0 bridgehead atoms. The van der Waals surface area contributed by atoms with Gasteiger partial charge in [-0.2, -0.15) is 13.2 Å². The number of hydrogen-bond donors (Lipinski definition) is 1. The van der Waals surface area contributed by atoms with Crippen LogP contribution in [0.3, 0.4) is 0 Å². The van der Waals surface area contributed by atoms with E-state index in [1.54, 1.807) is 55.5 Å². The molecule has 0 saturated carbocycles. The highest BCUT2D eigenvalue weighted by Crippen LogP contribution is 2.33. The highest BCUT2D eigenvalue weighted by Gasteiger charge is 2.34. The van der Waals surface area contributed by atoms with Crippen molar-refractivity contribution in [2.75, 3.05) is 13.2 Å². The summed E-state index contributed by atoms with van der Waals surface area (Å²) in [6, 6.07) is 17.2. The van der Waals surface area contributed by atoms with E-state index in [4.69, 9.17) is 16.3 Å². The van der Waals surface area contributed by atoms with Crippen molar-refractivity contribution in [1.29, 1.82) is 0 Å². The lowest BCUT2D eigenvalue weighted by Gasteiger charge is -2.22. The lowest BCUT2D eigenvalue weighted by atomic mass is 10.0. The first kappa shape index (κ1) is 32.7. The van der Waals surface area contributed by atoms with Crippen molar-refractivity contribution in [3.8, 4) is 11.1 Å². The molecular formula is C32H30ClF4N3O4. The number of alkyl halides is 3. The summed E-state index contributed by atoms with van der Waals surface area (Å²) < 4.78 is 63.0. The van der Waals surface area contributed by atoms with E-state index in [1.807, 2.05) is 0 Å². The Morgan fingerprint density at radius 3 is 2.36 bits per heavy atom. The Balaban J connectivity index is 1.81. The van der Waals surface area contributed by atoms with Crippen LogP contribution < -0.4 is 16.6 Å². The van der Waals surface area contributed by atoms with Gasteiger partial charge in [0, 0.05) is 28.8 Å². The van der Waals surface area contributed by atoms with E-state index in [0.717, 1.165) is 39.1 Å². The number of aromatic nitrogens is 2. The van der Waals surface area contributed by atoms with Crippen LogP contribution in [0, 0.1) is 5.82 Å². The maximum atomic E-state index is 14.8. The number of benzene rings is 3. The number of carbonyl (C=O) groups is 1. The molecule has 4 aromatic rings. The van der Waals surface area contributed by atoms with Gasteiger partial charge in [-0.25, -0.2) is 9.18 Å². The fourth-order valence-corrected chi connectivity index (χ4v) is 5.08. The SMILES string of the molecule is CCOC(=O)CCCN[C@@H](Cn1c(=O)c(-c2ccccc2Cl)cn(Cc2c(F)cccc2C(F)(F)F)c1=O)c1ccccc1. The van der Waals surface area contributed by atoms with Gasteiger partial charge in [-0.15, -0.1) is 0 Å². The van der Waals surface area contributed by atoms with Crippen LogP contribution in [0.1, 0.15) is 42.5 Å². The molecule has 1 aromatic heterocycles. The third-order valence-electron chi connectivity index (χ3n) is 6.97. The van der Waals surface area contributed by atoms with Crippen molar-refractivity contribution in [3.63, 3.8) is 0 Å². The molecule has 0 amide bonds. The van der Waals surface area contributed by atoms with E-state index in [0.29, 0.717) is 13.0 Å². The number of esters is 1. The second-order valence-corrected chi connectivity index (χ2v) is 10.3. The van der Waals surface area contributed by atoms with Gasteiger partial charge in [-0.3, -0.25) is 18.7 Å². The van der Waals surface area contributed by atoms with E-state index in [2.05, 4.69) is 5.32 Å². The first-order valence-electron chi connectivity index (χ1n) is 13.9. The van der Waals surface area contributed by atoms with Gasteiger partial charge < -0.3 is 10.1 Å². The second-order valence-electron chi connectivity index (χ2n) is 9.94. The van der Waals surface area contributed by atoms with E-state index in [1.165, 1.54) is 6.07 Å². The van der Waals surface area contributed by atoms with Gasteiger partial charge in [0.25, 0.3) is 5.56 Å². The predicted molar refractivity (Wildman–Crippen MR) is 159 cm³/mol. The number of nitrogens with zero attached hydrogens (tertiary/aromatic N) is 2. The largest absolute Gasteiger partial charge is 0.466 e. The first-order chi connectivity index (χ1) is 21.0. The van der Waals surface area contributed by atoms with Crippen LogP contribution in [0.2, 0.25) is 5.02 Å². The van der Waals surface area contributed by atoms with Crippen molar-refractivity contribution in [2.24, 2.45) is 0 Å². The van der Waals surface area contributed by atoms with Crippen LogP contribution >= 0.6 is 11.6 Å². The Kier molecular flexibility index (Phi) is 10.8. The van der Waals surface area contributed by atoms with Crippen molar-refractivity contribution in [1.82, 2.24) is 14.5 Å². The topological polar surface area (TPSA) is 82.3 Å². The summed E-state index contributed by atoms with van der Waals surface area (Å²) in [5, 5.41) is 3.44. The maximum absolute atomic E-state index is 14.8. The summed E-state index contributed by atoms with van der Waals surface area (Å²) in [4.78, 5) is 39.4. The van der Waals surface area contributed by atoms with Crippen LogP contribution in [0.4, 0.5) is 17.6 Å². The summed E-state index contributed by atoms with van der Waals surface area (Å²) in [6.45, 7) is 1.28. The number of hydrogen-bond acceptors (Lipinski definition) is 5. The van der Waals surface area contributed by atoms with E-state index in [9.17, 15) is 31.9 Å². The number of ether oxygens (including phenoxy) is 1. The fraction of sp³-hybridized carbons (Fsp3) is 0.281. The number of halogens is 5. The summed E-state index contributed by atoms with van der Waals surface area (Å²) in [5.41, 5.74) is -2.70. The third-order valence-corrected chi connectivity index (χ3v) is 7.30. The Morgan fingerprint density at radius 2 is 1.68 bits per heavy atom. The minimum absolute atomic E-state index is 0.0470. The molecule has 4 rings (SSSR count). The van der Waals surface area contributed by atoms with Crippen molar-refractivity contribution < 1.29 is 27.1 Å². The monoisotopic (exact) mass is 631 g/mol. The molecule has 12 heteroatoms. The van der Waals surface area contributed by atoms with Gasteiger partial charge in [0.2, 0.25) is 0 Å². The second kappa shape index (κ2) is 14.5. The van der Waals surface area contributed by atoms with Crippen LogP contribution in [0.15, 0.2) is 88.6 Å². The minimum Gasteiger partial charge on any atom is -0.466 e. The highest BCUT2D eigenvalue weighted by molar-refractivity contribution is 6.33. The molecule has 232 valence electrons. The van der Waals surface area contributed by atoms with E-state index >= 15 is 0 Å². The van der Waals surface area contributed by atoms with Crippen LogP contribution in [0.5, 0.6) is 0 Å². The smallest absolute Gasteiger partial charge is 0.416 e. The molecule has 0 spiro atoms. The van der Waals surface area contributed by atoms with Gasteiger partial charge in [-0.05, 0) is 43.7 Å². The molecule has 0 radical (unpaired) electrons. The molecule has 44 heavy (non-hydrogen) atoms. The molecule has 7 nitrogen and oxygen atoms in total. The number of rotatable bonds is 12.